The molecule has 0 aliphatic rings. The largest absolute Gasteiger partial charge is 0.398 e. The maximum absolute atomic E-state index is 13.4. The van der Waals surface area contributed by atoms with E-state index in [1.807, 2.05) is 0 Å². The summed E-state index contributed by atoms with van der Waals surface area (Å²) >= 11 is 5.76. The molecule has 0 radical (unpaired) electrons. The number of nitrogens with two attached hydrogens (primary N) is 1. The number of carbonyl (C=O) groups excluding carboxylic acids is 1. The SMILES string of the molecule is Cc1ccc(NC(=O)c2ccc(Cl)cc2N)cc1F. The fourth-order valence-corrected chi connectivity index (χ4v) is 1.79. The molecule has 2 aromatic rings. The lowest BCUT2D eigenvalue weighted by atomic mass is 10.1. The van der Waals surface area contributed by atoms with Gasteiger partial charge >= 0.3 is 0 Å². The van der Waals surface area contributed by atoms with Gasteiger partial charge in [0.2, 0.25) is 0 Å². The number of rotatable bonds is 2. The molecule has 3 nitrogen and oxygen atoms in total. The molecule has 0 saturated carbocycles. The number of benzene rings is 2. The Hall–Kier alpha value is -2.07. The van der Waals surface area contributed by atoms with Crippen molar-refractivity contribution in [3.05, 3.63) is 58.4 Å². The van der Waals surface area contributed by atoms with Crippen LogP contribution in [0.4, 0.5) is 15.8 Å². The Kier molecular flexibility index (Phi) is 3.71. The molecule has 0 spiro atoms. The predicted octanol–water partition coefficient (Wildman–Crippen LogP) is 3.62. The number of nitrogens with one attached hydrogen (secondary N) is 1. The second-order valence-electron chi connectivity index (χ2n) is 4.15. The summed E-state index contributed by atoms with van der Waals surface area (Å²) in [7, 11) is 0. The van der Waals surface area contributed by atoms with Gasteiger partial charge < -0.3 is 11.1 Å². The van der Waals surface area contributed by atoms with Crippen LogP contribution in [0.2, 0.25) is 5.02 Å². The third-order valence-corrected chi connectivity index (χ3v) is 2.92. The lowest BCUT2D eigenvalue weighted by Crippen LogP contribution is -2.14. The minimum absolute atomic E-state index is 0.276. The number of hydrogen-bond acceptors (Lipinski definition) is 2. The van der Waals surface area contributed by atoms with Gasteiger partial charge in [-0.2, -0.15) is 0 Å². The Morgan fingerprint density at radius 2 is 2.00 bits per heavy atom. The normalized spacial score (nSPS) is 10.3. The molecular weight excluding hydrogens is 267 g/mol. The van der Waals surface area contributed by atoms with Gasteiger partial charge in [-0.05, 0) is 42.8 Å². The van der Waals surface area contributed by atoms with Gasteiger partial charge in [0.1, 0.15) is 5.82 Å². The van der Waals surface area contributed by atoms with Crippen LogP contribution < -0.4 is 11.1 Å². The molecule has 0 atom stereocenters. The van der Waals surface area contributed by atoms with Crippen molar-refractivity contribution in [2.45, 2.75) is 6.92 Å². The lowest BCUT2D eigenvalue weighted by Gasteiger charge is -2.08. The Balaban J connectivity index is 2.23. The third-order valence-electron chi connectivity index (χ3n) is 2.69. The number of anilines is 2. The highest BCUT2D eigenvalue weighted by molar-refractivity contribution is 6.31. The summed E-state index contributed by atoms with van der Waals surface area (Å²) in [5, 5.41) is 3.04. The highest BCUT2D eigenvalue weighted by Crippen LogP contribution is 2.20. The van der Waals surface area contributed by atoms with E-state index in [0.717, 1.165) is 0 Å². The van der Waals surface area contributed by atoms with E-state index in [9.17, 15) is 9.18 Å². The number of carbonyl (C=O) groups is 1. The average Bonchev–Trinajstić information content (AvgIpc) is 2.33. The molecule has 0 aromatic heterocycles. The zero-order valence-corrected chi connectivity index (χ0v) is 11.0. The molecule has 1 amide bonds. The van der Waals surface area contributed by atoms with Crippen molar-refractivity contribution >= 4 is 28.9 Å². The van der Waals surface area contributed by atoms with E-state index in [1.165, 1.54) is 18.2 Å². The van der Waals surface area contributed by atoms with Crippen LogP contribution in [0.15, 0.2) is 36.4 Å². The molecule has 3 N–H and O–H groups in total. The molecule has 0 heterocycles. The number of halogens is 2. The van der Waals surface area contributed by atoms with Crippen molar-refractivity contribution in [2.75, 3.05) is 11.1 Å². The van der Waals surface area contributed by atoms with Crippen molar-refractivity contribution in [1.29, 1.82) is 0 Å². The van der Waals surface area contributed by atoms with E-state index in [0.29, 0.717) is 21.8 Å². The minimum Gasteiger partial charge on any atom is -0.398 e. The van der Waals surface area contributed by atoms with Gasteiger partial charge in [0.05, 0.1) is 5.56 Å². The highest BCUT2D eigenvalue weighted by atomic mass is 35.5. The molecule has 2 rings (SSSR count). The molecule has 0 aliphatic carbocycles. The van der Waals surface area contributed by atoms with Gasteiger partial charge in [0, 0.05) is 16.4 Å². The number of aryl methyl sites for hydroxylation is 1. The molecule has 2 aromatic carbocycles. The topological polar surface area (TPSA) is 55.1 Å². The van der Waals surface area contributed by atoms with Crippen molar-refractivity contribution in [3.8, 4) is 0 Å². The van der Waals surface area contributed by atoms with Gasteiger partial charge in [-0.3, -0.25) is 4.79 Å². The van der Waals surface area contributed by atoms with Crippen molar-refractivity contribution < 1.29 is 9.18 Å². The summed E-state index contributed by atoms with van der Waals surface area (Å²) in [6.45, 7) is 1.65. The Morgan fingerprint density at radius 1 is 1.26 bits per heavy atom. The van der Waals surface area contributed by atoms with Crippen molar-refractivity contribution in [2.24, 2.45) is 0 Å². The van der Waals surface area contributed by atoms with Crippen LogP contribution in [0, 0.1) is 12.7 Å². The molecule has 0 fully saturated rings. The van der Waals surface area contributed by atoms with Crippen LogP contribution >= 0.6 is 11.6 Å². The van der Waals surface area contributed by atoms with Gasteiger partial charge in [-0.15, -0.1) is 0 Å². The number of amides is 1. The average molecular weight is 279 g/mol. The summed E-state index contributed by atoms with van der Waals surface area (Å²) in [6, 6.07) is 9.07. The summed E-state index contributed by atoms with van der Waals surface area (Å²) in [5.74, 6) is -0.778. The molecule has 0 aliphatic heterocycles. The first kappa shape index (κ1) is 13.4. The van der Waals surface area contributed by atoms with E-state index >= 15 is 0 Å². The minimum atomic E-state index is -0.405. The second-order valence-corrected chi connectivity index (χ2v) is 4.59. The maximum Gasteiger partial charge on any atom is 0.257 e. The fourth-order valence-electron chi connectivity index (χ4n) is 1.61. The highest BCUT2D eigenvalue weighted by Gasteiger charge is 2.11. The van der Waals surface area contributed by atoms with Crippen LogP contribution in [-0.2, 0) is 0 Å². The molecule has 0 saturated heterocycles. The number of hydrogen-bond donors (Lipinski definition) is 2. The van der Waals surface area contributed by atoms with Gasteiger partial charge in [0.25, 0.3) is 5.91 Å². The van der Waals surface area contributed by atoms with E-state index in [1.54, 1.807) is 25.1 Å². The van der Waals surface area contributed by atoms with E-state index in [4.69, 9.17) is 17.3 Å². The third kappa shape index (κ3) is 3.03. The molecule has 19 heavy (non-hydrogen) atoms. The van der Waals surface area contributed by atoms with Crippen LogP contribution in [0.1, 0.15) is 15.9 Å². The predicted molar refractivity (Wildman–Crippen MR) is 75.0 cm³/mol. The van der Waals surface area contributed by atoms with E-state index in [2.05, 4.69) is 5.32 Å². The first-order valence-electron chi connectivity index (χ1n) is 5.60. The molecule has 0 bridgehead atoms. The fraction of sp³-hybridized carbons (Fsp3) is 0.0714. The summed E-state index contributed by atoms with van der Waals surface area (Å²) in [6.07, 6.45) is 0. The molecule has 0 unspecified atom stereocenters. The van der Waals surface area contributed by atoms with Crippen LogP contribution in [0.25, 0.3) is 0 Å². The molecular formula is C14H12ClFN2O. The molecule has 5 heteroatoms. The first-order chi connectivity index (χ1) is 8.97. The Bertz CT molecular complexity index is 643. The van der Waals surface area contributed by atoms with E-state index in [-0.39, 0.29) is 11.5 Å². The standard InChI is InChI=1S/C14H12ClFN2O/c1-8-2-4-10(7-12(8)16)18-14(19)11-5-3-9(15)6-13(11)17/h2-7H,17H2,1H3,(H,18,19). The summed E-state index contributed by atoms with van der Waals surface area (Å²) in [4.78, 5) is 12.0. The van der Waals surface area contributed by atoms with E-state index < -0.39 is 5.91 Å². The number of nitrogen functional groups attached to an aromatic ring is 1. The van der Waals surface area contributed by atoms with Gasteiger partial charge in [-0.1, -0.05) is 17.7 Å². The van der Waals surface area contributed by atoms with Gasteiger partial charge in [-0.25, -0.2) is 4.39 Å². The van der Waals surface area contributed by atoms with Crippen LogP contribution in [-0.4, -0.2) is 5.91 Å². The maximum atomic E-state index is 13.4. The smallest absolute Gasteiger partial charge is 0.257 e. The van der Waals surface area contributed by atoms with Crippen molar-refractivity contribution in [1.82, 2.24) is 0 Å². The zero-order valence-electron chi connectivity index (χ0n) is 10.2. The monoisotopic (exact) mass is 278 g/mol. The van der Waals surface area contributed by atoms with Crippen LogP contribution in [0.5, 0.6) is 0 Å². The zero-order chi connectivity index (χ0) is 14.0. The summed E-state index contributed by atoms with van der Waals surface area (Å²) < 4.78 is 13.4. The Labute approximate surface area is 115 Å². The molecule has 98 valence electrons. The second kappa shape index (κ2) is 5.28. The Morgan fingerprint density at radius 3 is 2.63 bits per heavy atom. The lowest BCUT2D eigenvalue weighted by molar-refractivity contribution is 0.102. The van der Waals surface area contributed by atoms with Crippen molar-refractivity contribution in [3.63, 3.8) is 0 Å². The van der Waals surface area contributed by atoms with Crippen LogP contribution in [0.3, 0.4) is 0 Å². The quantitative estimate of drug-likeness (QED) is 0.824. The first-order valence-corrected chi connectivity index (χ1v) is 5.97. The summed E-state index contributed by atoms with van der Waals surface area (Å²) in [5.41, 5.74) is 7.18. The van der Waals surface area contributed by atoms with Gasteiger partial charge in [0.15, 0.2) is 0 Å².